The minimum absolute atomic E-state index is 0.646. The van der Waals surface area contributed by atoms with Gasteiger partial charge in [-0.3, -0.25) is 0 Å². The molecule has 0 fully saturated rings. The first-order valence-electron chi connectivity index (χ1n) is 5.73. The molecule has 0 aliphatic heterocycles. The molecule has 0 aromatic carbocycles. The van der Waals surface area contributed by atoms with E-state index in [0.717, 1.165) is 22.3 Å². The SMILES string of the molecule is CN(C)c1cc(NCc2csc3ncnn23)ncn1. The number of nitrogens with one attached hydrogen (secondary N) is 1. The van der Waals surface area contributed by atoms with Crippen LogP contribution in [-0.2, 0) is 6.54 Å². The number of hydrogen-bond acceptors (Lipinski definition) is 7. The molecule has 0 spiro atoms. The largest absolute Gasteiger partial charge is 0.364 e. The van der Waals surface area contributed by atoms with Crippen LogP contribution in [0.3, 0.4) is 0 Å². The van der Waals surface area contributed by atoms with Crippen molar-refractivity contribution in [1.29, 1.82) is 0 Å². The minimum atomic E-state index is 0.646. The Morgan fingerprint density at radius 2 is 2.16 bits per heavy atom. The lowest BCUT2D eigenvalue weighted by Gasteiger charge is -2.12. The summed E-state index contributed by atoms with van der Waals surface area (Å²) < 4.78 is 1.83. The summed E-state index contributed by atoms with van der Waals surface area (Å²) in [6, 6.07) is 1.91. The third kappa shape index (κ3) is 2.34. The molecule has 0 radical (unpaired) electrons. The summed E-state index contributed by atoms with van der Waals surface area (Å²) >= 11 is 1.57. The van der Waals surface area contributed by atoms with Gasteiger partial charge in [-0.25, -0.2) is 19.5 Å². The van der Waals surface area contributed by atoms with Crippen molar-refractivity contribution in [1.82, 2.24) is 24.6 Å². The Bertz CT molecular complexity index is 687. The zero-order valence-electron chi connectivity index (χ0n) is 10.6. The Morgan fingerprint density at radius 1 is 1.26 bits per heavy atom. The topological polar surface area (TPSA) is 71.2 Å². The first kappa shape index (κ1) is 11.8. The molecule has 0 unspecified atom stereocenters. The van der Waals surface area contributed by atoms with E-state index in [4.69, 9.17) is 0 Å². The lowest BCUT2D eigenvalue weighted by Crippen LogP contribution is -2.12. The highest BCUT2D eigenvalue weighted by molar-refractivity contribution is 7.15. The van der Waals surface area contributed by atoms with E-state index in [1.807, 2.05) is 35.0 Å². The van der Waals surface area contributed by atoms with Crippen molar-refractivity contribution in [3.63, 3.8) is 0 Å². The van der Waals surface area contributed by atoms with E-state index < -0.39 is 0 Å². The van der Waals surface area contributed by atoms with Crippen LogP contribution in [-0.4, -0.2) is 38.7 Å². The van der Waals surface area contributed by atoms with Crippen molar-refractivity contribution in [2.75, 3.05) is 24.3 Å². The van der Waals surface area contributed by atoms with Crippen LogP contribution in [0.25, 0.3) is 4.96 Å². The van der Waals surface area contributed by atoms with Crippen LogP contribution in [0.1, 0.15) is 5.69 Å². The quantitative estimate of drug-likeness (QED) is 0.773. The van der Waals surface area contributed by atoms with Crippen LogP contribution in [0.4, 0.5) is 11.6 Å². The monoisotopic (exact) mass is 275 g/mol. The molecule has 3 aromatic rings. The minimum Gasteiger partial charge on any atom is -0.364 e. The lowest BCUT2D eigenvalue weighted by atomic mass is 10.4. The molecule has 0 saturated carbocycles. The highest BCUT2D eigenvalue weighted by Gasteiger charge is 2.06. The smallest absolute Gasteiger partial charge is 0.212 e. The molecule has 98 valence electrons. The van der Waals surface area contributed by atoms with Gasteiger partial charge in [0, 0.05) is 25.5 Å². The fourth-order valence-electron chi connectivity index (χ4n) is 1.66. The van der Waals surface area contributed by atoms with Crippen molar-refractivity contribution in [3.05, 3.63) is 29.8 Å². The summed E-state index contributed by atoms with van der Waals surface area (Å²) in [5.41, 5.74) is 1.06. The molecule has 0 amide bonds. The third-order valence-corrected chi connectivity index (χ3v) is 3.53. The van der Waals surface area contributed by atoms with Gasteiger partial charge in [0.1, 0.15) is 24.3 Å². The molecule has 3 rings (SSSR count). The molecule has 0 aliphatic carbocycles. The van der Waals surface area contributed by atoms with Gasteiger partial charge in [0.05, 0.1) is 12.2 Å². The van der Waals surface area contributed by atoms with Crippen LogP contribution in [0.5, 0.6) is 0 Å². The summed E-state index contributed by atoms with van der Waals surface area (Å²) in [6.45, 7) is 0.646. The molecule has 0 atom stereocenters. The molecular formula is C11H13N7S. The summed E-state index contributed by atoms with van der Waals surface area (Å²) in [7, 11) is 3.90. The zero-order chi connectivity index (χ0) is 13.2. The van der Waals surface area contributed by atoms with Crippen molar-refractivity contribution in [2.45, 2.75) is 6.54 Å². The van der Waals surface area contributed by atoms with Gasteiger partial charge >= 0.3 is 0 Å². The second-order valence-electron chi connectivity index (χ2n) is 4.19. The van der Waals surface area contributed by atoms with E-state index in [1.54, 1.807) is 24.0 Å². The van der Waals surface area contributed by atoms with E-state index in [-0.39, 0.29) is 0 Å². The van der Waals surface area contributed by atoms with Crippen molar-refractivity contribution < 1.29 is 0 Å². The average Bonchev–Trinajstić information content (AvgIpc) is 3.00. The number of aromatic nitrogens is 5. The predicted octanol–water partition coefficient (Wildman–Crippen LogP) is 1.26. The lowest BCUT2D eigenvalue weighted by molar-refractivity contribution is 0.882. The Hall–Kier alpha value is -2.22. The fourth-order valence-corrected chi connectivity index (χ4v) is 2.46. The van der Waals surface area contributed by atoms with E-state index in [9.17, 15) is 0 Å². The van der Waals surface area contributed by atoms with E-state index in [2.05, 4.69) is 25.4 Å². The molecular weight excluding hydrogens is 262 g/mol. The number of nitrogens with zero attached hydrogens (tertiary/aromatic N) is 6. The molecule has 0 saturated heterocycles. The van der Waals surface area contributed by atoms with Gasteiger partial charge in [0.2, 0.25) is 4.96 Å². The first-order valence-corrected chi connectivity index (χ1v) is 6.61. The number of rotatable bonds is 4. The summed E-state index contributed by atoms with van der Waals surface area (Å²) in [4.78, 5) is 15.3. The highest BCUT2D eigenvalue weighted by Crippen LogP contribution is 2.15. The Morgan fingerprint density at radius 3 is 3.00 bits per heavy atom. The number of hydrogen-bond donors (Lipinski definition) is 1. The Balaban J connectivity index is 1.76. The van der Waals surface area contributed by atoms with E-state index in [0.29, 0.717) is 6.54 Å². The van der Waals surface area contributed by atoms with Crippen molar-refractivity contribution in [2.24, 2.45) is 0 Å². The van der Waals surface area contributed by atoms with Crippen molar-refractivity contribution >= 4 is 27.9 Å². The van der Waals surface area contributed by atoms with Crippen molar-refractivity contribution in [3.8, 4) is 0 Å². The maximum Gasteiger partial charge on any atom is 0.212 e. The van der Waals surface area contributed by atoms with Gasteiger partial charge in [-0.2, -0.15) is 5.10 Å². The summed E-state index contributed by atoms with van der Waals surface area (Å²) in [6.07, 6.45) is 3.11. The molecule has 1 N–H and O–H groups in total. The van der Waals surface area contributed by atoms with Gasteiger partial charge in [-0.05, 0) is 0 Å². The maximum absolute atomic E-state index is 4.20. The number of thiazole rings is 1. The fraction of sp³-hybridized carbons (Fsp3) is 0.273. The normalized spacial score (nSPS) is 10.8. The molecule has 0 aliphatic rings. The predicted molar refractivity (Wildman–Crippen MR) is 74.5 cm³/mol. The number of anilines is 2. The second-order valence-corrected chi connectivity index (χ2v) is 5.03. The summed E-state index contributed by atoms with van der Waals surface area (Å²) in [5.74, 6) is 1.66. The van der Waals surface area contributed by atoms with E-state index >= 15 is 0 Å². The van der Waals surface area contributed by atoms with Gasteiger partial charge in [0.25, 0.3) is 0 Å². The molecule has 3 aromatic heterocycles. The van der Waals surface area contributed by atoms with Crippen LogP contribution < -0.4 is 10.2 Å². The first-order chi connectivity index (χ1) is 9.24. The van der Waals surface area contributed by atoms with Gasteiger partial charge < -0.3 is 10.2 Å². The summed E-state index contributed by atoms with van der Waals surface area (Å²) in [5, 5.41) is 9.47. The molecule has 8 heteroatoms. The van der Waals surface area contributed by atoms with Gasteiger partial charge in [-0.1, -0.05) is 0 Å². The number of fused-ring (bicyclic) bond motifs is 1. The average molecular weight is 275 g/mol. The second kappa shape index (κ2) is 4.81. The molecule has 7 nitrogen and oxygen atoms in total. The Kier molecular flexibility index (Phi) is 3.00. The zero-order valence-corrected chi connectivity index (χ0v) is 11.4. The third-order valence-electron chi connectivity index (χ3n) is 2.65. The Labute approximate surface area is 113 Å². The van der Waals surface area contributed by atoms with E-state index in [1.165, 1.54) is 0 Å². The molecule has 0 bridgehead atoms. The van der Waals surface area contributed by atoms with Gasteiger partial charge in [-0.15, -0.1) is 11.3 Å². The standard InChI is InChI=1S/C11H13N7S/c1-17(2)10-3-9(13-6-14-10)12-4-8-5-19-11-15-7-16-18(8)11/h3,5-7H,4H2,1-2H3,(H,12,13,14). The highest BCUT2D eigenvalue weighted by atomic mass is 32.1. The van der Waals surface area contributed by atoms with Crippen LogP contribution >= 0.6 is 11.3 Å². The van der Waals surface area contributed by atoms with Crippen LogP contribution in [0, 0.1) is 0 Å². The van der Waals surface area contributed by atoms with Crippen LogP contribution in [0.15, 0.2) is 24.1 Å². The van der Waals surface area contributed by atoms with Gasteiger partial charge in [0.15, 0.2) is 0 Å². The molecule has 3 heterocycles. The maximum atomic E-state index is 4.20. The molecule has 19 heavy (non-hydrogen) atoms. The van der Waals surface area contributed by atoms with Crippen LogP contribution in [0.2, 0.25) is 0 Å².